The van der Waals surface area contributed by atoms with Crippen LogP contribution in [-0.2, 0) is 4.79 Å². The zero-order chi connectivity index (χ0) is 7.56. The third kappa shape index (κ3) is 1.26. The molecule has 0 saturated carbocycles. The van der Waals surface area contributed by atoms with Gasteiger partial charge in [0, 0.05) is 25.4 Å². The molecule has 0 bridgehead atoms. The first-order valence-electron chi connectivity index (χ1n) is 3.28. The van der Waals surface area contributed by atoms with Gasteiger partial charge in [-0.25, -0.2) is 0 Å². The van der Waals surface area contributed by atoms with Crippen LogP contribution in [0.3, 0.4) is 0 Å². The third-order valence-electron chi connectivity index (χ3n) is 1.60. The molecular formula is C8H11NO. The van der Waals surface area contributed by atoms with Crippen molar-refractivity contribution in [1.29, 1.82) is 0 Å². The summed E-state index contributed by atoms with van der Waals surface area (Å²) in [5.41, 5.74) is 1.86. The first-order chi connectivity index (χ1) is 4.74. The van der Waals surface area contributed by atoms with Gasteiger partial charge in [0.2, 0.25) is 0 Å². The normalized spacial score (nSPS) is 18.0. The van der Waals surface area contributed by atoms with E-state index in [1.807, 2.05) is 31.1 Å². The minimum atomic E-state index is 0.818. The topological polar surface area (TPSA) is 20.3 Å². The maximum absolute atomic E-state index is 10.3. The Bertz CT molecular complexity index is 203. The van der Waals surface area contributed by atoms with Crippen LogP contribution in [0.15, 0.2) is 23.4 Å². The second-order valence-electron chi connectivity index (χ2n) is 2.53. The number of carbonyl (C=O) groups is 1. The molecule has 1 aliphatic heterocycles. The highest BCUT2D eigenvalue weighted by Gasteiger charge is 2.04. The van der Waals surface area contributed by atoms with Crippen LogP contribution in [-0.4, -0.2) is 24.8 Å². The minimum Gasteiger partial charge on any atom is -0.376 e. The van der Waals surface area contributed by atoms with Gasteiger partial charge in [-0.15, -0.1) is 0 Å². The molecule has 2 heteroatoms. The van der Waals surface area contributed by atoms with Crippen LogP contribution >= 0.6 is 0 Å². The fourth-order valence-corrected chi connectivity index (χ4v) is 1.00. The van der Waals surface area contributed by atoms with Crippen molar-refractivity contribution in [2.45, 2.75) is 6.92 Å². The third-order valence-corrected chi connectivity index (χ3v) is 1.60. The molecule has 0 aromatic rings. The smallest absolute Gasteiger partial charge is 0.150 e. The molecule has 0 fully saturated rings. The summed E-state index contributed by atoms with van der Waals surface area (Å²) in [4.78, 5) is 12.4. The van der Waals surface area contributed by atoms with Crippen LogP contribution in [0, 0.1) is 0 Å². The Labute approximate surface area is 60.8 Å². The Morgan fingerprint density at radius 1 is 1.70 bits per heavy atom. The maximum atomic E-state index is 10.3. The van der Waals surface area contributed by atoms with E-state index >= 15 is 0 Å². The lowest BCUT2D eigenvalue weighted by Crippen LogP contribution is -2.16. The van der Waals surface area contributed by atoms with Crippen molar-refractivity contribution < 1.29 is 4.79 Å². The van der Waals surface area contributed by atoms with E-state index in [4.69, 9.17) is 0 Å². The van der Waals surface area contributed by atoms with Crippen LogP contribution in [0.25, 0.3) is 0 Å². The first kappa shape index (κ1) is 7.06. The van der Waals surface area contributed by atoms with Gasteiger partial charge in [-0.2, -0.15) is 0 Å². The highest BCUT2D eigenvalue weighted by molar-refractivity contribution is 5.80. The largest absolute Gasteiger partial charge is 0.376 e. The number of rotatable bonds is 1. The number of nitrogens with zero attached hydrogens (tertiary/aromatic N) is 1. The second-order valence-corrected chi connectivity index (χ2v) is 2.53. The molecule has 10 heavy (non-hydrogen) atoms. The number of allylic oxidation sites excluding steroid dienone is 2. The van der Waals surface area contributed by atoms with Gasteiger partial charge in [0.15, 0.2) is 0 Å². The molecule has 0 amide bonds. The summed E-state index contributed by atoms with van der Waals surface area (Å²) in [5, 5.41) is 0. The molecule has 0 unspecified atom stereocenters. The minimum absolute atomic E-state index is 0.818. The van der Waals surface area contributed by atoms with Crippen LogP contribution in [0.1, 0.15) is 6.92 Å². The van der Waals surface area contributed by atoms with Gasteiger partial charge >= 0.3 is 0 Å². The van der Waals surface area contributed by atoms with E-state index in [0.29, 0.717) is 0 Å². The fourth-order valence-electron chi connectivity index (χ4n) is 1.00. The van der Waals surface area contributed by atoms with Gasteiger partial charge < -0.3 is 4.90 Å². The number of carbonyl (C=O) groups excluding carboxylic acids is 1. The van der Waals surface area contributed by atoms with E-state index < -0.39 is 0 Å². The predicted molar refractivity (Wildman–Crippen MR) is 40.5 cm³/mol. The van der Waals surface area contributed by atoms with Crippen LogP contribution in [0.2, 0.25) is 0 Å². The fraction of sp³-hybridized carbons (Fsp3) is 0.375. The van der Waals surface area contributed by atoms with Crippen molar-refractivity contribution in [3.05, 3.63) is 23.4 Å². The Kier molecular flexibility index (Phi) is 1.90. The monoisotopic (exact) mass is 137 g/mol. The Balaban J connectivity index is 2.81. The van der Waals surface area contributed by atoms with E-state index in [1.54, 1.807) is 0 Å². The molecule has 0 radical (unpaired) electrons. The van der Waals surface area contributed by atoms with Gasteiger partial charge in [0.05, 0.1) is 0 Å². The van der Waals surface area contributed by atoms with E-state index in [2.05, 4.69) is 0 Å². The number of hydrogen-bond donors (Lipinski definition) is 0. The highest BCUT2D eigenvalue weighted by Crippen LogP contribution is 2.11. The molecule has 0 aromatic carbocycles. The van der Waals surface area contributed by atoms with Crippen LogP contribution in [0.4, 0.5) is 0 Å². The van der Waals surface area contributed by atoms with Gasteiger partial charge in [-0.1, -0.05) is 6.08 Å². The summed E-state index contributed by atoms with van der Waals surface area (Å²) in [7, 11) is 1.99. The molecule has 2 nitrogen and oxygen atoms in total. The first-order valence-corrected chi connectivity index (χ1v) is 3.28. The molecule has 0 saturated heterocycles. The molecular weight excluding hydrogens is 126 g/mol. The van der Waals surface area contributed by atoms with Crippen molar-refractivity contribution in [2.75, 3.05) is 13.6 Å². The molecule has 1 aliphatic rings. The van der Waals surface area contributed by atoms with E-state index in [1.165, 1.54) is 0 Å². The van der Waals surface area contributed by atoms with Gasteiger partial charge in [-0.05, 0) is 12.5 Å². The molecule has 0 atom stereocenters. The lowest BCUT2D eigenvalue weighted by atomic mass is 10.1. The van der Waals surface area contributed by atoms with Crippen molar-refractivity contribution >= 4 is 6.29 Å². The average Bonchev–Trinajstić information content (AvgIpc) is 1.88. The molecule has 1 heterocycles. The Morgan fingerprint density at radius 3 is 2.90 bits per heavy atom. The summed E-state index contributed by atoms with van der Waals surface area (Å²) < 4.78 is 0. The molecule has 0 aliphatic carbocycles. The van der Waals surface area contributed by atoms with Crippen molar-refractivity contribution in [2.24, 2.45) is 0 Å². The average molecular weight is 137 g/mol. The van der Waals surface area contributed by atoms with Crippen molar-refractivity contribution in [3.63, 3.8) is 0 Å². The zero-order valence-corrected chi connectivity index (χ0v) is 6.29. The summed E-state index contributed by atoms with van der Waals surface area (Å²) in [6.45, 7) is 2.78. The lowest BCUT2D eigenvalue weighted by molar-refractivity contribution is -0.104. The predicted octanol–water partition coefficient (Wildman–Crippen LogP) is 0.961. The van der Waals surface area contributed by atoms with E-state index in [9.17, 15) is 4.79 Å². The lowest BCUT2D eigenvalue weighted by Gasteiger charge is -2.18. The van der Waals surface area contributed by atoms with Crippen LogP contribution < -0.4 is 0 Å². The second kappa shape index (κ2) is 2.69. The van der Waals surface area contributed by atoms with Gasteiger partial charge in [0.25, 0.3) is 0 Å². The van der Waals surface area contributed by atoms with Gasteiger partial charge in [-0.3, -0.25) is 4.79 Å². The van der Waals surface area contributed by atoms with E-state index in [-0.39, 0.29) is 0 Å². The quantitative estimate of drug-likeness (QED) is 0.502. The van der Waals surface area contributed by atoms with Crippen molar-refractivity contribution in [3.8, 4) is 0 Å². The number of likely N-dealkylation sites (N-methyl/N-ethyl adjacent to an activating group) is 1. The maximum Gasteiger partial charge on any atom is 0.150 e. The zero-order valence-electron chi connectivity index (χ0n) is 6.29. The summed E-state index contributed by atoms with van der Waals surface area (Å²) in [5.74, 6) is 0. The molecule has 0 spiro atoms. The van der Waals surface area contributed by atoms with Gasteiger partial charge in [0.1, 0.15) is 6.29 Å². The number of hydrogen-bond acceptors (Lipinski definition) is 2. The molecule has 1 rings (SSSR count). The summed E-state index contributed by atoms with van der Waals surface area (Å²) >= 11 is 0. The SMILES string of the molecule is CC1=CN(C)CC=C1C=O. The number of aldehydes is 1. The Hall–Kier alpha value is -1.05. The summed E-state index contributed by atoms with van der Waals surface area (Å²) in [6, 6.07) is 0. The molecule has 0 aromatic heterocycles. The molecule has 0 N–H and O–H groups in total. The van der Waals surface area contributed by atoms with E-state index in [0.717, 1.165) is 24.0 Å². The highest BCUT2D eigenvalue weighted by atomic mass is 16.1. The van der Waals surface area contributed by atoms with Crippen LogP contribution in [0.5, 0.6) is 0 Å². The standard InChI is InChI=1S/C8H11NO/c1-7-5-9(2)4-3-8(7)6-10/h3,5-6H,4H2,1-2H3. The summed E-state index contributed by atoms with van der Waals surface area (Å²) in [6.07, 6.45) is 4.81. The molecule has 54 valence electrons. The van der Waals surface area contributed by atoms with Crippen molar-refractivity contribution in [1.82, 2.24) is 4.90 Å². The Morgan fingerprint density at radius 2 is 2.40 bits per heavy atom.